The molecule has 5 heteroatoms. The SMILES string of the molecule is Cc1ccc(C(=O)OCC(=O)N[C@@H]2CCCC[C@H]2C)cc1F. The van der Waals surface area contributed by atoms with E-state index in [1.165, 1.54) is 18.6 Å². The van der Waals surface area contributed by atoms with E-state index >= 15 is 0 Å². The first-order valence-corrected chi connectivity index (χ1v) is 7.70. The Morgan fingerprint density at radius 1 is 1.32 bits per heavy atom. The Hall–Kier alpha value is -1.91. The van der Waals surface area contributed by atoms with Gasteiger partial charge in [0, 0.05) is 6.04 Å². The average molecular weight is 307 g/mol. The zero-order valence-corrected chi connectivity index (χ0v) is 13.0. The van der Waals surface area contributed by atoms with Gasteiger partial charge in [0.25, 0.3) is 5.91 Å². The first kappa shape index (κ1) is 16.5. The van der Waals surface area contributed by atoms with Gasteiger partial charge in [0.1, 0.15) is 5.82 Å². The standard InChI is InChI=1S/C17H22FNO3/c1-11-7-8-13(9-14(11)18)17(21)22-10-16(20)19-15-6-4-3-5-12(15)2/h7-9,12,15H,3-6,10H2,1-2H3,(H,19,20)/t12-,15-/m1/s1. The van der Waals surface area contributed by atoms with Crippen molar-refractivity contribution in [3.05, 3.63) is 35.1 Å². The molecule has 0 saturated heterocycles. The summed E-state index contributed by atoms with van der Waals surface area (Å²) in [6.45, 7) is 3.39. The number of hydrogen-bond acceptors (Lipinski definition) is 3. The number of carbonyl (C=O) groups excluding carboxylic acids is 2. The van der Waals surface area contributed by atoms with Crippen LogP contribution in [0, 0.1) is 18.7 Å². The molecule has 2 atom stereocenters. The number of hydrogen-bond donors (Lipinski definition) is 1. The highest BCUT2D eigenvalue weighted by molar-refractivity contribution is 5.91. The van der Waals surface area contributed by atoms with Crippen LogP contribution in [-0.4, -0.2) is 24.5 Å². The van der Waals surface area contributed by atoms with Crippen molar-refractivity contribution in [2.75, 3.05) is 6.61 Å². The Kier molecular flexibility index (Phi) is 5.52. The largest absolute Gasteiger partial charge is 0.452 e. The van der Waals surface area contributed by atoms with E-state index in [0.29, 0.717) is 11.5 Å². The summed E-state index contributed by atoms with van der Waals surface area (Å²) in [6.07, 6.45) is 4.37. The number of benzene rings is 1. The number of nitrogens with one attached hydrogen (secondary N) is 1. The Morgan fingerprint density at radius 2 is 2.05 bits per heavy atom. The van der Waals surface area contributed by atoms with E-state index in [4.69, 9.17) is 4.74 Å². The molecule has 4 nitrogen and oxygen atoms in total. The Balaban J connectivity index is 1.82. The third kappa shape index (κ3) is 4.29. The van der Waals surface area contributed by atoms with E-state index in [1.807, 2.05) is 0 Å². The van der Waals surface area contributed by atoms with Crippen LogP contribution in [0.3, 0.4) is 0 Å². The molecular formula is C17H22FNO3. The van der Waals surface area contributed by atoms with E-state index in [1.54, 1.807) is 6.92 Å². The van der Waals surface area contributed by atoms with Crippen molar-refractivity contribution < 1.29 is 18.7 Å². The molecule has 120 valence electrons. The van der Waals surface area contributed by atoms with E-state index < -0.39 is 11.8 Å². The normalized spacial score (nSPS) is 21.2. The lowest BCUT2D eigenvalue weighted by Crippen LogP contribution is -2.42. The van der Waals surface area contributed by atoms with Crippen molar-refractivity contribution in [3.8, 4) is 0 Å². The molecule has 0 heterocycles. The number of aryl methyl sites for hydroxylation is 1. The fourth-order valence-corrected chi connectivity index (χ4v) is 2.71. The van der Waals surface area contributed by atoms with Gasteiger partial charge in [0.05, 0.1) is 5.56 Å². The van der Waals surface area contributed by atoms with Crippen LogP contribution in [0.4, 0.5) is 4.39 Å². The summed E-state index contributed by atoms with van der Waals surface area (Å²) in [7, 11) is 0. The fourth-order valence-electron chi connectivity index (χ4n) is 2.71. The molecule has 0 radical (unpaired) electrons. The lowest BCUT2D eigenvalue weighted by molar-refractivity contribution is -0.125. The molecule has 1 aliphatic rings. The predicted octanol–water partition coefficient (Wildman–Crippen LogP) is 2.99. The van der Waals surface area contributed by atoms with Crippen molar-refractivity contribution in [2.24, 2.45) is 5.92 Å². The number of carbonyl (C=O) groups is 2. The molecule has 0 spiro atoms. The number of ether oxygens (including phenoxy) is 1. The molecule has 1 amide bonds. The van der Waals surface area contributed by atoms with Gasteiger partial charge in [0.15, 0.2) is 6.61 Å². The highest BCUT2D eigenvalue weighted by Gasteiger charge is 2.23. The van der Waals surface area contributed by atoms with Gasteiger partial charge in [-0.25, -0.2) is 9.18 Å². The van der Waals surface area contributed by atoms with Crippen LogP contribution >= 0.6 is 0 Å². The van der Waals surface area contributed by atoms with Gasteiger partial charge in [-0.2, -0.15) is 0 Å². The molecule has 1 aliphatic carbocycles. The highest BCUT2D eigenvalue weighted by Crippen LogP contribution is 2.23. The van der Waals surface area contributed by atoms with Crippen LogP contribution in [0.15, 0.2) is 18.2 Å². The number of esters is 1. The summed E-state index contributed by atoms with van der Waals surface area (Å²) < 4.78 is 18.3. The molecule has 0 aliphatic heterocycles. The Morgan fingerprint density at radius 3 is 2.73 bits per heavy atom. The predicted molar refractivity (Wildman–Crippen MR) is 81.0 cm³/mol. The molecule has 22 heavy (non-hydrogen) atoms. The van der Waals surface area contributed by atoms with Crippen molar-refractivity contribution in [3.63, 3.8) is 0 Å². The first-order chi connectivity index (χ1) is 10.5. The van der Waals surface area contributed by atoms with Gasteiger partial charge < -0.3 is 10.1 Å². The maximum Gasteiger partial charge on any atom is 0.338 e. The lowest BCUT2D eigenvalue weighted by Gasteiger charge is -2.29. The lowest BCUT2D eigenvalue weighted by atomic mass is 9.86. The van der Waals surface area contributed by atoms with Crippen molar-refractivity contribution >= 4 is 11.9 Å². The minimum absolute atomic E-state index is 0.113. The molecule has 1 saturated carbocycles. The molecule has 0 unspecified atom stereocenters. The zero-order valence-electron chi connectivity index (χ0n) is 13.0. The summed E-state index contributed by atoms with van der Waals surface area (Å²) in [5.74, 6) is -1.01. The minimum Gasteiger partial charge on any atom is -0.452 e. The summed E-state index contributed by atoms with van der Waals surface area (Å²) in [4.78, 5) is 23.7. The smallest absolute Gasteiger partial charge is 0.338 e. The minimum atomic E-state index is -0.689. The maximum atomic E-state index is 13.4. The third-order valence-corrected chi connectivity index (χ3v) is 4.20. The summed E-state index contributed by atoms with van der Waals surface area (Å²) in [6, 6.07) is 4.27. The van der Waals surface area contributed by atoms with Crippen LogP contribution in [0.1, 0.15) is 48.5 Å². The van der Waals surface area contributed by atoms with Crippen LogP contribution in [0.5, 0.6) is 0 Å². The van der Waals surface area contributed by atoms with E-state index in [2.05, 4.69) is 12.2 Å². The van der Waals surface area contributed by atoms with Gasteiger partial charge in [-0.3, -0.25) is 4.79 Å². The molecule has 1 aromatic carbocycles. The summed E-state index contributed by atoms with van der Waals surface area (Å²) >= 11 is 0. The second kappa shape index (κ2) is 7.38. The Bertz CT molecular complexity index is 559. The molecular weight excluding hydrogens is 285 g/mol. The van der Waals surface area contributed by atoms with E-state index in [-0.39, 0.29) is 24.1 Å². The second-order valence-electron chi connectivity index (χ2n) is 5.98. The Labute approximate surface area is 130 Å². The molecule has 2 rings (SSSR count). The van der Waals surface area contributed by atoms with E-state index in [0.717, 1.165) is 25.3 Å². The second-order valence-corrected chi connectivity index (χ2v) is 5.98. The average Bonchev–Trinajstić information content (AvgIpc) is 2.50. The van der Waals surface area contributed by atoms with Gasteiger partial charge >= 0.3 is 5.97 Å². The monoisotopic (exact) mass is 307 g/mol. The summed E-state index contributed by atoms with van der Waals surface area (Å²) in [5, 5.41) is 2.91. The third-order valence-electron chi connectivity index (χ3n) is 4.20. The van der Waals surface area contributed by atoms with Crippen molar-refractivity contribution in [1.29, 1.82) is 0 Å². The zero-order chi connectivity index (χ0) is 16.1. The summed E-state index contributed by atoms with van der Waals surface area (Å²) in [5.41, 5.74) is 0.572. The van der Waals surface area contributed by atoms with Gasteiger partial charge in [-0.15, -0.1) is 0 Å². The first-order valence-electron chi connectivity index (χ1n) is 7.70. The van der Waals surface area contributed by atoms with Gasteiger partial charge in [0.2, 0.25) is 0 Å². The topological polar surface area (TPSA) is 55.4 Å². The number of amides is 1. The number of rotatable bonds is 4. The van der Waals surface area contributed by atoms with Crippen LogP contribution in [-0.2, 0) is 9.53 Å². The van der Waals surface area contributed by atoms with Gasteiger partial charge in [-0.05, 0) is 43.4 Å². The fraction of sp³-hybridized carbons (Fsp3) is 0.529. The number of halogens is 1. The molecule has 1 fully saturated rings. The molecule has 1 aromatic rings. The molecule has 0 bridgehead atoms. The highest BCUT2D eigenvalue weighted by atomic mass is 19.1. The maximum absolute atomic E-state index is 13.4. The van der Waals surface area contributed by atoms with Crippen molar-refractivity contribution in [1.82, 2.24) is 5.32 Å². The van der Waals surface area contributed by atoms with Gasteiger partial charge in [-0.1, -0.05) is 25.8 Å². The quantitative estimate of drug-likeness (QED) is 0.870. The van der Waals surface area contributed by atoms with Crippen LogP contribution in [0.2, 0.25) is 0 Å². The van der Waals surface area contributed by atoms with Crippen LogP contribution in [0.25, 0.3) is 0 Å². The molecule has 0 aromatic heterocycles. The van der Waals surface area contributed by atoms with E-state index in [9.17, 15) is 14.0 Å². The van der Waals surface area contributed by atoms with Crippen LogP contribution < -0.4 is 5.32 Å². The molecule has 1 N–H and O–H groups in total. The van der Waals surface area contributed by atoms with Crippen molar-refractivity contribution in [2.45, 2.75) is 45.6 Å².